The molecule has 0 fully saturated rings. The lowest BCUT2D eigenvalue weighted by molar-refractivity contribution is 0.582. The molecule has 1 aliphatic carbocycles. The highest BCUT2D eigenvalue weighted by Gasteiger charge is 2.33. The number of hydrogen-bond donors (Lipinski definition) is 0. The molecule has 208 valence electrons. The first-order valence-corrected chi connectivity index (χ1v) is 15.0. The minimum Gasteiger partial charge on any atom is -0.440 e. The van der Waals surface area contributed by atoms with Gasteiger partial charge in [0.1, 0.15) is 11.2 Å². The molecule has 8 aromatic rings. The van der Waals surface area contributed by atoms with Gasteiger partial charge < -0.3 is 8.83 Å². The Morgan fingerprint density at radius 2 is 1.00 bits per heavy atom. The fourth-order valence-corrected chi connectivity index (χ4v) is 6.73. The zero-order valence-corrected chi connectivity index (χ0v) is 23.9. The predicted molar refractivity (Wildman–Crippen MR) is 180 cm³/mol. The van der Waals surface area contributed by atoms with Crippen LogP contribution < -0.4 is 4.90 Å². The molecule has 0 atom stereocenters. The van der Waals surface area contributed by atoms with E-state index in [9.17, 15) is 0 Å². The van der Waals surface area contributed by atoms with Gasteiger partial charge in [-0.1, -0.05) is 121 Å². The summed E-state index contributed by atoms with van der Waals surface area (Å²) in [5.41, 5.74) is 12.4. The van der Waals surface area contributed by atoms with E-state index in [1.54, 1.807) is 0 Å². The second kappa shape index (κ2) is 9.89. The molecule has 0 unspecified atom stereocenters. The van der Waals surface area contributed by atoms with Gasteiger partial charge in [0.15, 0.2) is 0 Å². The van der Waals surface area contributed by atoms with Crippen molar-refractivity contribution < 1.29 is 8.83 Å². The zero-order chi connectivity index (χ0) is 29.0. The Balaban J connectivity index is 1.44. The fourth-order valence-electron chi connectivity index (χ4n) is 6.73. The molecule has 2 heterocycles. The number of rotatable bonds is 5. The SMILES string of the molecule is c1ccc(-c2cc3c(c(N(c4cc5ccccc5o4)c4cc5ccccc5o4)c2-c2ccccc2)Cc2ccccc2-3)cc1. The van der Waals surface area contributed by atoms with Crippen LogP contribution in [-0.4, -0.2) is 0 Å². The van der Waals surface area contributed by atoms with E-state index in [0.717, 1.165) is 50.7 Å². The molecule has 0 amide bonds. The van der Waals surface area contributed by atoms with Crippen molar-refractivity contribution in [3.05, 3.63) is 163 Å². The maximum absolute atomic E-state index is 6.67. The summed E-state index contributed by atoms with van der Waals surface area (Å²) in [5, 5.41) is 2.09. The number of hydrogen-bond acceptors (Lipinski definition) is 3. The number of furan rings is 2. The van der Waals surface area contributed by atoms with Crippen LogP contribution in [0.2, 0.25) is 0 Å². The Bertz CT molecular complexity index is 2170. The monoisotopic (exact) mass is 565 g/mol. The molecule has 0 spiro atoms. The van der Waals surface area contributed by atoms with Crippen LogP contribution in [-0.2, 0) is 6.42 Å². The molecule has 0 saturated heterocycles. The smallest absolute Gasteiger partial charge is 0.208 e. The van der Waals surface area contributed by atoms with E-state index in [0.29, 0.717) is 11.8 Å². The van der Waals surface area contributed by atoms with E-state index >= 15 is 0 Å². The van der Waals surface area contributed by atoms with Gasteiger partial charge in [-0.2, -0.15) is 0 Å². The summed E-state index contributed by atoms with van der Waals surface area (Å²) in [6.45, 7) is 0. The topological polar surface area (TPSA) is 29.5 Å². The summed E-state index contributed by atoms with van der Waals surface area (Å²) < 4.78 is 13.3. The highest BCUT2D eigenvalue weighted by atomic mass is 16.4. The van der Waals surface area contributed by atoms with Gasteiger partial charge in [0.2, 0.25) is 11.8 Å². The Morgan fingerprint density at radius 3 is 1.64 bits per heavy atom. The van der Waals surface area contributed by atoms with Gasteiger partial charge in [-0.05, 0) is 57.1 Å². The van der Waals surface area contributed by atoms with Crippen molar-refractivity contribution in [2.45, 2.75) is 6.42 Å². The third-order valence-corrected chi connectivity index (χ3v) is 8.72. The van der Waals surface area contributed by atoms with Crippen LogP contribution in [0.1, 0.15) is 11.1 Å². The van der Waals surface area contributed by atoms with Crippen LogP contribution in [0.3, 0.4) is 0 Å². The molecular formula is C41H27NO2. The first-order chi connectivity index (χ1) is 21.8. The van der Waals surface area contributed by atoms with Crippen LogP contribution in [0, 0.1) is 0 Å². The Labute approximate surface area is 255 Å². The van der Waals surface area contributed by atoms with E-state index in [-0.39, 0.29) is 0 Å². The zero-order valence-electron chi connectivity index (χ0n) is 23.9. The van der Waals surface area contributed by atoms with Crippen molar-refractivity contribution >= 4 is 39.4 Å². The normalized spacial score (nSPS) is 12.0. The summed E-state index contributed by atoms with van der Waals surface area (Å²) in [7, 11) is 0. The van der Waals surface area contributed by atoms with Crippen LogP contribution in [0.25, 0.3) is 55.3 Å². The summed E-state index contributed by atoms with van der Waals surface area (Å²) in [6.07, 6.45) is 0.812. The van der Waals surface area contributed by atoms with Gasteiger partial charge in [-0.3, -0.25) is 0 Å². The molecule has 0 radical (unpaired) electrons. The maximum Gasteiger partial charge on any atom is 0.208 e. The van der Waals surface area contributed by atoms with E-state index in [4.69, 9.17) is 8.83 Å². The standard InChI is InChI=1S/C41H27NO2/c1-3-13-27(14-4-1)33-26-34-32-20-10-7-17-29(32)23-35(34)41(40(33)28-15-5-2-6-16-28)42(38-24-30-18-8-11-21-36(30)43-38)39-25-31-19-9-12-22-37(31)44-39/h1-22,24-26H,23H2. The predicted octanol–water partition coefficient (Wildman–Crippen LogP) is 11.6. The molecule has 9 rings (SSSR count). The Kier molecular flexibility index (Phi) is 5.57. The van der Waals surface area contributed by atoms with Crippen molar-refractivity contribution in [2.75, 3.05) is 4.90 Å². The van der Waals surface area contributed by atoms with E-state index < -0.39 is 0 Å². The van der Waals surface area contributed by atoms with Crippen molar-refractivity contribution in [1.82, 2.24) is 0 Å². The molecular weight excluding hydrogens is 538 g/mol. The largest absolute Gasteiger partial charge is 0.440 e. The average Bonchev–Trinajstić information content (AvgIpc) is 3.80. The van der Waals surface area contributed by atoms with Crippen LogP contribution in [0.4, 0.5) is 17.5 Å². The maximum atomic E-state index is 6.67. The molecule has 44 heavy (non-hydrogen) atoms. The average molecular weight is 566 g/mol. The van der Waals surface area contributed by atoms with E-state index in [1.165, 1.54) is 27.8 Å². The first-order valence-electron chi connectivity index (χ1n) is 15.0. The second-order valence-corrected chi connectivity index (χ2v) is 11.3. The minimum absolute atomic E-state index is 0.714. The molecule has 3 heteroatoms. The Morgan fingerprint density at radius 1 is 0.455 bits per heavy atom. The second-order valence-electron chi connectivity index (χ2n) is 11.3. The van der Waals surface area contributed by atoms with Gasteiger partial charge >= 0.3 is 0 Å². The number of fused-ring (bicyclic) bond motifs is 5. The van der Waals surface area contributed by atoms with Crippen LogP contribution in [0.15, 0.2) is 160 Å². The number of nitrogens with zero attached hydrogens (tertiary/aromatic N) is 1. The van der Waals surface area contributed by atoms with Crippen molar-refractivity contribution in [2.24, 2.45) is 0 Å². The van der Waals surface area contributed by atoms with Gasteiger partial charge in [0.25, 0.3) is 0 Å². The molecule has 0 saturated carbocycles. The lowest BCUT2D eigenvalue weighted by atomic mass is 9.87. The third kappa shape index (κ3) is 3.90. The Hall–Kier alpha value is -5.80. The quantitative estimate of drug-likeness (QED) is 0.208. The number of para-hydroxylation sites is 2. The van der Waals surface area contributed by atoms with Crippen molar-refractivity contribution in [3.63, 3.8) is 0 Å². The molecule has 3 nitrogen and oxygen atoms in total. The molecule has 6 aromatic carbocycles. The van der Waals surface area contributed by atoms with Crippen LogP contribution >= 0.6 is 0 Å². The molecule has 1 aliphatic rings. The summed E-state index contributed by atoms with van der Waals surface area (Å²) in [6, 6.07) is 53.2. The summed E-state index contributed by atoms with van der Waals surface area (Å²) in [5.74, 6) is 1.43. The number of benzene rings is 6. The molecule has 0 aliphatic heterocycles. The minimum atomic E-state index is 0.714. The van der Waals surface area contributed by atoms with Gasteiger partial charge in [-0.25, -0.2) is 4.90 Å². The van der Waals surface area contributed by atoms with Gasteiger partial charge in [0, 0.05) is 34.9 Å². The van der Waals surface area contributed by atoms with Gasteiger partial charge in [-0.15, -0.1) is 0 Å². The van der Waals surface area contributed by atoms with Crippen molar-refractivity contribution in [3.8, 4) is 33.4 Å². The lowest BCUT2D eigenvalue weighted by Gasteiger charge is -2.28. The van der Waals surface area contributed by atoms with Crippen molar-refractivity contribution in [1.29, 1.82) is 0 Å². The van der Waals surface area contributed by atoms with Crippen LogP contribution in [0.5, 0.6) is 0 Å². The number of anilines is 3. The summed E-state index contributed by atoms with van der Waals surface area (Å²) >= 11 is 0. The molecule has 0 bridgehead atoms. The fraction of sp³-hybridized carbons (Fsp3) is 0.0244. The first kappa shape index (κ1) is 24.8. The van der Waals surface area contributed by atoms with E-state index in [1.807, 2.05) is 36.4 Å². The van der Waals surface area contributed by atoms with E-state index in [2.05, 4.69) is 120 Å². The highest BCUT2D eigenvalue weighted by Crippen LogP contribution is 2.54. The molecule has 0 N–H and O–H groups in total. The molecule has 2 aromatic heterocycles. The van der Waals surface area contributed by atoms with Gasteiger partial charge in [0.05, 0.1) is 5.69 Å². The third-order valence-electron chi connectivity index (χ3n) is 8.72. The summed E-state index contributed by atoms with van der Waals surface area (Å²) in [4.78, 5) is 2.21. The highest BCUT2D eigenvalue weighted by molar-refractivity contribution is 6.03. The lowest BCUT2D eigenvalue weighted by Crippen LogP contribution is -2.13.